The molecule has 126 valence electrons. The van der Waals surface area contributed by atoms with Gasteiger partial charge in [-0.15, -0.1) is 0 Å². The summed E-state index contributed by atoms with van der Waals surface area (Å²) in [5, 5.41) is 19.9. The third-order valence-electron chi connectivity index (χ3n) is 6.08. The molecular formula is C19H26O4. The van der Waals surface area contributed by atoms with E-state index in [1.165, 1.54) is 5.57 Å². The number of fused-ring (bicyclic) bond motifs is 2. The van der Waals surface area contributed by atoms with Gasteiger partial charge in [0.1, 0.15) is 0 Å². The quantitative estimate of drug-likeness (QED) is 0.840. The molecule has 1 fully saturated rings. The molecule has 3 rings (SSSR count). The van der Waals surface area contributed by atoms with E-state index in [0.29, 0.717) is 24.2 Å². The molecule has 0 radical (unpaired) electrons. The van der Waals surface area contributed by atoms with E-state index in [4.69, 9.17) is 9.47 Å². The minimum atomic E-state index is -0.207. The van der Waals surface area contributed by atoms with Crippen molar-refractivity contribution < 1.29 is 19.7 Å². The number of phenolic OH excluding ortho intramolecular Hbond substituents is 1. The van der Waals surface area contributed by atoms with Crippen LogP contribution in [0.25, 0.3) is 0 Å². The standard InChI is InChI=1S/C19H26O4/c1-11-7-12(2)19(9-20)10-23-18(17(11)13(19)3)14-5-6-15(21)16(8-14)22-4/h5-8,12-13,17-18,20-21H,9-10H2,1-4H3/t12-,13+,17-,18+,19-/m0/s1. The number of hydrogen-bond donors (Lipinski definition) is 2. The van der Waals surface area contributed by atoms with Gasteiger partial charge >= 0.3 is 0 Å². The molecule has 2 bridgehead atoms. The van der Waals surface area contributed by atoms with Gasteiger partial charge in [-0.3, -0.25) is 0 Å². The molecule has 0 spiro atoms. The minimum absolute atomic E-state index is 0.0806. The molecule has 1 saturated heterocycles. The van der Waals surface area contributed by atoms with E-state index < -0.39 is 0 Å². The summed E-state index contributed by atoms with van der Waals surface area (Å²) in [5.41, 5.74) is 2.11. The zero-order valence-electron chi connectivity index (χ0n) is 14.2. The normalized spacial score (nSPS) is 36.5. The first-order chi connectivity index (χ1) is 10.9. The summed E-state index contributed by atoms with van der Waals surface area (Å²) in [6, 6.07) is 5.40. The van der Waals surface area contributed by atoms with Crippen LogP contribution in [0.1, 0.15) is 32.4 Å². The second kappa shape index (κ2) is 5.84. The van der Waals surface area contributed by atoms with Gasteiger partial charge < -0.3 is 19.7 Å². The van der Waals surface area contributed by atoms with Crippen molar-refractivity contribution in [3.05, 3.63) is 35.4 Å². The molecule has 2 aliphatic rings. The van der Waals surface area contributed by atoms with Gasteiger partial charge in [-0.25, -0.2) is 0 Å². The van der Waals surface area contributed by atoms with Gasteiger partial charge in [-0.2, -0.15) is 0 Å². The SMILES string of the molecule is COc1cc([C@H]2OC[C@]3(CO)[C@H](C)[C@@H]2C(C)=C[C@@H]3C)ccc1O. The number of rotatable bonds is 3. The van der Waals surface area contributed by atoms with Crippen molar-refractivity contribution in [2.45, 2.75) is 26.9 Å². The van der Waals surface area contributed by atoms with E-state index in [9.17, 15) is 10.2 Å². The van der Waals surface area contributed by atoms with Crippen LogP contribution in [0.5, 0.6) is 11.5 Å². The summed E-state index contributed by atoms with van der Waals surface area (Å²) < 4.78 is 11.5. The van der Waals surface area contributed by atoms with Crippen LogP contribution in [-0.4, -0.2) is 30.5 Å². The molecule has 4 nitrogen and oxygen atoms in total. The molecule has 1 aliphatic heterocycles. The highest BCUT2D eigenvalue weighted by atomic mass is 16.5. The molecule has 1 aromatic carbocycles. The summed E-state index contributed by atoms with van der Waals surface area (Å²) in [4.78, 5) is 0. The van der Waals surface area contributed by atoms with E-state index in [2.05, 4.69) is 26.8 Å². The van der Waals surface area contributed by atoms with Gasteiger partial charge in [-0.1, -0.05) is 31.6 Å². The third-order valence-corrected chi connectivity index (χ3v) is 6.08. The van der Waals surface area contributed by atoms with Crippen LogP contribution >= 0.6 is 0 Å². The van der Waals surface area contributed by atoms with E-state index in [0.717, 1.165) is 5.56 Å². The van der Waals surface area contributed by atoms with Crippen molar-refractivity contribution in [3.63, 3.8) is 0 Å². The van der Waals surface area contributed by atoms with E-state index in [1.54, 1.807) is 13.2 Å². The maximum atomic E-state index is 10.0. The first-order valence-corrected chi connectivity index (χ1v) is 8.22. The van der Waals surface area contributed by atoms with Crippen molar-refractivity contribution in [1.82, 2.24) is 0 Å². The molecule has 2 N–H and O–H groups in total. The van der Waals surface area contributed by atoms with Crippen LogP contribution in [-0.2, 0) is 4.74 Å². The van der Waals surface area contributed by atoms with E-state index >= 15 is 0 Å². The maximum Gasteiger partial charge on any atom is 0.160 e. The second-order valence-electron chi connectivity index (χ2n) is 7.07. The van der Waals surface area contributed by atoms with Crippen molar-refractivity contribution in [3.8, 4) is 11.5 Å². The Hall–Kier alpha value is -1.52. The van der Waals surface area contributed by atoms with E-state index in [-0.39, 0.29) is 29.8 Å². The average molecular weight is 318 g/mol. The Morgan fingerprint density at radius 3 is 2.74 bits per heavy atom. The Labute approximate surface area is 137 Å². The highest BCUT2D eigenvalue weighted by Crippen LogP contribution is 2.56. The predicted molar refractivity (Wildman–Crippen MR) is 88.4 cm³/mol. The second-order valence-corrected chi connectivity index (χ2v) is 7.07. The molecule has 0 amide bonds. The van der Waals surface area contributed by atoms with Crippen LogP contribution in [0.3, 0.4) is 0 Å². The number of allylic oxidation sites excluding steroid dienone is 1. The molecule has 1 aromatic rings. The smallest absolute Gasteiger partial charge is 0.160 e. The van der Waals surface area contributed by atoms with Crippen LogP contribution in [0.4, 0.5) is 0 Å². The number of hydrogen-bond acceptors (Lipinski definition) is 4. The predicted octanol–water partition coefficient (Wildman–Crippen LogP) is 3.30. The molecule has 5 atom stereocenters. The molecule has 4 heteroatoms. The summed E-state index contributed by atoms with van der Waals surface area (Å²) in [7, 11) is 1.55. The number of benzene rings is 1. The average Bonchev–Trinajstić information content (AvgIpc) is 2.53. The van der Waals surface area contributed by atoms with Gasteiger partial charge in [-0.05, 0) is 36.5 Å². The van der Waals surface area contributed by atoms with Gasteiger partial charge in [0.15, 0.2) is 11.5 Å². The zero-order chi connectivity index (χ0) is 16.8. The lowest BCUT2D eigenvalue weighted by molar-refractivity contribution is -0.165. The molecule has 1 heterocycles. The highest BCUT2D eigenvalue weighted by molar-refractivity contribution is 5.43. The highest BCUT2D eigenvalue weighted by Gasteiger charge is 2.53. The monoisotopic (exact) mass is 318 g/mol. The van der Waals surface area contributed by atoms with E-state index in [1.807, 2.05) is 12.1 Å². The summed E-state index contributed by atoms with van der Waals surface area (Å²) in [6.45, 7) is 7.22. The van der Waals surface area contributed by atoms with Crippen molar-refractivity contribution >= 4 is 0 Å². The van der Waals surface area contributed by atoms with Gasteiger partial charge in [0.05, 0.1) is 26.4 Å². The lowest BCUT2D eigenvalue weighted by Crippen LogP contribution is -2.53. The van der Waals surface area contributed by atoms with Gasteiger partial charge in [0.25, 0.3) is 0 Å². The largest absolute Gasteiger partial charge is 0.504 e. The molecule has 1 aliphatic carbocycles. The number of aliphatic hydroxyl groups excluding tert-OH is 1. The van der Waals surface area contributed by atoms with Crippen LogP contribution < -0.4 is 4.74 Å². The summed E-state index contributed by atoms with van der Waals surface area (Å²) in [5.74, 6) is 1.44. The lowest BCUT2D eigenvalue weighted by atomic mass is 9.56. The van der Waals surface area contributed by atoms with Crippen molar-refractivity contribution in [1.29, 1.82) is 0 Å². The summed E-state index contributed by atoms with van der Waals surface area (Å²) in [6.07, 6.45) is 2.21. The van der Waals surface area contributed by atoms with Gasteiger partial charge in [0.2, 0.25) is 0 Å². The van der Waals surface area contributed by atoms with Crippen LogP contribution in [0.2, 0.25) is 0 Å². The number of ether oxygens (including phenoxy) is 2. The fourth-order valence-corrected chi connectivity index (χ4v) is 4.46. The number of phenols is 1. The first-order valence-electron chi connectivity index (χ1n) is 8.22. The fraction of sp³-hybridized carbons (Fsp3) is 0.579. The molecule has 23 heavy (non-hydrogen) atoms. The third kappa shape index (κ3) is 2.36. The number of methoxy groups -OCH3 is 1. The Kier molecular flexibility index (Phi) is 4.15. The van der Waals surface area contributed by atoms with Crippen LogP contribution in [0, 0.1) is 23.2 Å². The Bertz CT molecular complexity index is 624. The van der Waals surface area contributed by atoms with Crippen molar-refractivity contribution in [2.24, 2.45) is 23.2 Å². The Morgan fingerprint density at radius 2 is 2.09 bits per heavy atom. The maximum absolute atomic E-state index is 10.0. The number of aromatic hydroxyl groups is 1. The fourth-order valence-electron chi connectivity index (χ4n) is 4.46. The summed E-state index contributed by atoms with van der Waals surface area (Å²) >= 11 is 0. The number of aliphatic hydroxyl groups is 1. The molecule has 0 saturated carbocycles. The Balaban J connectivity index is 2.02. The minimum Gasteiger partial charge on any atom is -0.504 e. The molecule has 0 unspecified atom stereocenters. The lowest BCUT2D eigenvalue weighted by Gasteiger charge is -2.55. The van der Waals surface area contributed by atoms with Crippen LogP contribution in [0.15, 0.2) is 29.8 Å². The van der Waals surface area contributed by atoms with Gasteiger partial charge in [0, 0.05) is 11.3 Å². The first kappa shape index (κ1) is 16.3. The Morgan fingerprint density at radius 1 is 1.35 bits per heavy atom. The zero-order valence-corrected chi connectivity index (χ0v) is 14.2. The van der Waals surface area contributed by atoms with Crippen molar-refractivity contribution in [2.75, 3.05) is 20.3 Å². The molecule has 0 aromatic heterocycles. The topological polar surface area (TPSA) is 58.9 Å². The molecular weight excluding hydrogens is 292 g/mol.